The predicted molar refractivity (Wildman–Crippen MR) is 131 cm³/mol. The van der Waals surface area contributed by atoms with E-state index in [9.17, 15) is 17.6 Å². The fourth-order valence-electron chi connectivity index (χ4n) is 3.35. The lowest BCUT2D eigenvalue weighted by Crippen LogP contribution is -2.08. The van der Waals surface area contributed by atoms with Crippen LogP contribution in [-0.2, 0) is 9.84 Å². The number of halogens is 1. The molecule has 0 unspecified atom stereocenters. The lowest BCUT2D eigenvalue weighted by atomic mass is 10.1. The molecule has 4 rings (SSSR count). The third-order valence-corrected chi connectivity index (χ3v) is 8.24. The first-order valence-electron chi connectivity index (χ1n) is 10.2. The van der Waals surface area contributed by atoms with Gasteiger partial charge in [0.25, 0.3) is 0 Å². The van der Waals surface area contributed by atoms with E-state index in [2.05, 4.69) is 5.32 Å². The van der Waals surface area contributed by atoms with Gasteiger partial charge < -0.3 is 15.8 Å². The van der Waals surface area contributed by atoms with Crippen LogP contribution in [0.1, 0.15) is 20.8 Å². The van der Waals surface area contributed by atoms with Crippen LogP contribution in [0, 0.1) is 12.7 Å². The van der Waals surface area contributed by atoms with E-state index in [0.717, 1.165) is 29.0 Å². The van der Waals surface area contributed by atoms with Crippen LogP contribution in [0.5, 0.6) is 5.75 Å². The highest BCUT2D eigenvalue weighted by Gasteiger charge is 2.31. The van der Waals surface area contributed by atoms with Gasteiger partial charge in [-0.15, -0.1) is 11.3 Å². The summed E-state index contributed by atoms with van der Waals surface area (Å²) in [6.07, 6.45) is 0. The molecule has 9 heteroatoms. The van der Waals surface area contributed by atoms with Crippen molar-refractivity contribution in [3.8, 4) is 5.75 Å². The Balaban J connectivity index is 1.87. The van der Waals surface area contributed by atoms with Crippen molar-refractivity contribution in [1.82, 2.24) is 0 Å². The zero-order chi connectivity index (χ0) is 24.5. The van der Waals surface area contributed by atoms with Gasteiger partial charge in [-0.25, -0.2) is 12.8 Å². The molecule has 3 N–H and O–H groups in total. The Morgan fingerprint density at radius 3 is 2.35 bits per heavy atom. The SMILES string of the molecule is COc1cccc(Nc2sc(C(=O)c3ccc(F)cc3)c(N)c2S(=O)(=O)c2ccc(C)cc2)c1. The largest absolute Gasteiger partial charge is 0.497 e. The molecule has 0 fully saturated rings. The van der Waals surface area contributed by atoms with Gasteiger partial charge in [-0.1, -0.05) is 23.8 Å². The summed E-state index contributed by atoms with van der Waals surface area (Å²) in [5.41, 5.74) is 7.80. The minimum Gasteiger partial charge on any atom is -0.497 e. The maximum atomic E-state index is 13.6. The number of anilines is 3. The molecule has 174 valence electrons. The molecule has 0 saturated carbocycles. The van der Waals surface area contributed by atoms with Crippen molar-refractivity contribution in [2.75, 3.05) is 18.2 Å². The fraction of sp³-hybridized carbons (Fsp3) is 0.0800. The summed E-state index contributed by atoms with van der Waals surface area (Å²) in [5, 5.41) is 3.27. The second kappa shape index (κ2) is 9.28. The van der Waals surface area contributed by atoms with Gasteiger partial charge in [0, 0.05) is 17.3 Å². The Kier molecular flexibility index (Phi) is 6.41. The number of nitrogen functional groups attached to an aromatic ring is 1. The monoisotopic (exact) mass is 496 g/mol. The quantitative estimate of drug-likeness (QED) is 0.324. The molecule has 0 aliphatic rings. The number of carbonyl (C=O) groups excluding carboxylic acids is 1. The highest BCUT2D eigenvalue weighted by atomic mass is 32.2. The van der Waals surface area contributed by atoms with Crippen molar-refractivity contribution < 1.29 is 22.3 Å². The third-order valence-electron chi connectivity index (χ3n) is 5.14. The first-order chi connectivity index (χ1) is 16.2. The maximum absolute atomic E-state index is 13.6. The summed E-state index contributed by atoms with van der Waals surface area (Å²) in [6, 6.07) is 18.3. The second-order valence-corrected chi connectivity index (χ2v) is 10.4. The van der Waals surface area contributed by atoms with Gasteiger partial charge in [-0.2, -0.15) is 0 Å². The molecule has 4 aromatic rings. The van der Waals surface area contributed by atoms with Crippen molar-refractivity contribution >= 4 is 43.3 Å². The summed E-state index contributed by atoms with van der Waals surface area (Å²) in [6.45, 7) is 1.85. The summed E-state index contributed by atoms with van der Waals surface area (Å²) in [5.74, 6) is -0.416. The molecule has 3 aromatic carbocycles. The number of nitrogens with two attached hydrogens (primary N) is 1. The van der Waals surface area contributed by atoms with E-state index in [0.29, 0.717) is 11.4 Å². The second-order valence-electron chi connectivity index (χ2n) is 7.51. The summed E-state index contributed by atoms with van der Waals surface area (Å²) in [4.78, 5) is 13.1. The number of sulfone groups is 1. The van der Waals surface area contributed by atoms with Gasteiger partial charge in [0.15, 0.2) is 0 Å². The van der Waals surface area contributed by atoms with Crippen LogP contribution in [0.4, 0.5) is 20.8 Å². The van der Waals surface area contributed by atoms with E-state index in [-0.39, 0.29) is 30.9 Å². The van der Waals surface area contributed by atoms with E-state index in [1.54, 1.807) is 36.4 Å². The van der Waals surface area contributed by atoms with Crippen LogP contribution < -0.4 is 15.8 Å². The molecule has 34 heavy (non-hydrogen) atoms. The van der Waals surface area contributed by atoms with Crippen molar-refractivity contribution in [1.29, 1.82) is 0 Å². The molecule has 0 radical (unpaired) electrons. The smallest absolute Gasteiger partial charge is 0.211 e. The van der Waals surface area contributed by atoms with Crippen molar-refractivity contribution in [3.05, 3.63) is 94.6 Å². The van der Waals surface area contributed by atoms with Crippen LogP contribution in [0.15, 0.2) is 82.6 Å². The molecule has 0 aliphatic carbocycles. The molecular weight excluding hydrogens is 475 g/mol. The van der Waals surface area contributed by atoms with E-state index in [1.807, 2.05) is 6.92 Å². The average Bonchev–Trinajstić information content (AvgIpc) is 3.15. The normalized spacial score (nSPS) is 11.3. The topological polar surface area (TPSA) is 98.5 Å². The Bertz CT molecular complexity index is 1460. The summed E-state index contributed by atoms with van der Waals surface area (Å²) >= 11 is 0.927. The minimum atomic E-state index is -4.07. The van der Waals surface area contributed by atoms with Crippen LogP contribution in [0.3, 0.4) is 0 Å². The lowest BCUT2D eigenvalue weighted by Gasteiger charge is -2.10. The van der Waals surface area contributed by atoms with E-state index >= 15 is 0 Å². The van der Waals surface area contributed by atoms with Crippen molar-refractivity contribution in [2.24, 2.45) is 0 Å². The first-order valence-corrected chi connectivity index (χ1v) is 12.5. The van der Waals surface area contributed by atoms with Gasteiger partial charge in [0.2, 0.25) is 15.6 Å². The van der Waals surface area contributed by atoms with Crippen LogP contribution in [0.2, 0.25) is 0 Å². The third kappa shape index (κ3) is 4.52. The Labute approximate surface area is 200 Å². The van der Waals surface area contributed by atoms with Gasteiger partial charge >= 0.3 is 0 Å². The van der Waals surface area contributed by atoms with Crippen LogP contribution in [-0.4, -0.2) is 21.3 Å². The molecule has 0 atom stereocenters. The lowest BCUT2D eigenvalue weighted by molar-refractivity contribution is 0.104. The first kappa shape index (κ1) is 23.5. The molecule has 0 spiro atoms. The molecular formula is C25H21FN2O4S2. The molecule has 1 aromatic heterocycles. The number of rotatable bonds is 7. The van der Waals surface area contributed by atoms with Gasteiger partial charge in [0.1, 0.15) is 26.3 Å². The molecule has 0 aliphatic heterocycles. The Hall–Kier alpha value is -3.69. The van der Waals surface area contributed by atoms with Gasteiger partial charge in [-0.3, -0.25) is 4.79 Å². The Morgan fingerprint density at radius 1 is 1.03 bits per heavy atom. The van der Waals surface area contributed by atoms with Gasteiger partial charge in [-0.05, 0) is 55.5 Å². The van der Waals surface area contributed by atoms with Crippen LogP contribution >= 0.6 is 11.3 Å². The number of thiophene rings is 1. The fourth-order valence-corrected chi connectivity index (χ4v) is 6.28. The van der Waals surface area contributed by atoms with E-state index in [1.165, 1.54) is 31.4 Å². The summed E-state index contributed by atoms with van der Waals surface area (Å²) in [7, 11) is -2.55. The number of benzene rings is 3. The highest BCUT2D eigenvalue weighted by molar-refractivity contribution is 7.92. The number of aryl methyl sites for hydroxylation is 1. The van der Waals surface area contributed by atoms with Gasteiger partial charge in [0.05, 0.1) is 17.7 Å². The zero-order valence-corrected chi connectivity index (χ0v) is 20.0. The minimum absolute atomic E-state index is 0.0442. The molecule has 1 heterocycles. The highest BCUT2D eigenvalue weighted by Crippen LogP contribution is 2.44. The molecule has 6 nitrogen and oxygen atoms in total. The van der Waals surface area contributed by atoms with E-state index in [4.69, 9.17) is 10.5 Å². The molecule has 0 saturated heterocycles. The average molecular weight is 497 g/mol. The predicted octanol–water partition coefficient (Wildman–Crippen LogP) is 5.59. The van der Waals surface area contributed by atoms with Crippen molar-refractivity contribution in [2.45, 2.75) is 16.7 Å². The standard InChI is InChI=1S/C25H21FN2O4S2/c1-15-6-12-20(13-7-15)34(30,31)24-21(27)23(22(29)16-8-10-17(26)11-9-16)33-25(24)28-18-4-3-5-19(14-18)32-2/h3-14,28H,27H2,1-2H3. The number of nitrogens with one attached hydrogen (secondary N) is 1. The molecule has 0 amide bonds. The number of ether oxygens (including phenoxy) is 1. The molecule has 0 bridgehead atoms. The number of hydrogen-bond donors (Lipinski definition) is 2. The summed E-state index contributed by atoms with van der Waals surface area (Å²) < 4.78 is 45.8. The Morgan fingerprint density at radius 2 is 1.71 bits per heavy atom. The number of ketones is 1. The number of methoxy groups -OCH3 is 1. The zero-order valence-electron chi connectivity index (χ0n) is 18.3. The maximum Gasteiger partial charge on any atom is 0.211 e. The van der Waals surface area contributed by atoms with Crippen LogP contribution in [0.25, 0.3) is 0 Å². The van der Waals surface area contributed by atoms with E-state index < -0.39 is 21.4 Å². The van der Waals surface area contributed by atoms with Crippen molar-refractivity contribution in [3.63, 3.8) is 0 Å². The number of hydrogen-bond acceptors (Lipinski definition) is 7. The number of carbonyl (C=O) groups is 1.